The average molecular weight is 198 g/mol. The molecular weight excluding hydrogens is 176 g/mol. The minimum Gasteiger partial charge on any atom is -0.390 e. The molecule has 0 aromatic carbocycles. The first kappa shape index (κ1) is 13.4. The summed E-state index contributed by atoms with van der Waals surface area (Å²) in [5.74, 6) is 0. The lowest BCUT2D eigenvalue weighted by Gasteiger charge is -2.16. The summed E-state index contributed by atoms with van der Waals surface area (Å²) >= 11 is 0. The minimum absolute atomic E-state index is 0.553. The van der Waals surface area contributed by atoms with E-state index in [4.69, 9.17) is 0 Å². The molecule has 0 heterocycles. The van der Waals surface area contributed by atoms with Crippen molar-refractivity contribution >= 4 is 6.29 Å². The van der Waals surface area contributed by atoms with Gasteiger partial charge in [0, 0.05) is 6.42 Å². The summed E-state index contributed by atoms with van der Waals surface area (Å²) < 4.78 is 0. The molecule has 0 aromatic heterocycles. The molecule has 0 spiro atoms. The molecule has 2 heteroatoms. The molecule has 0 aliphatic heterocycles. The van der Waals surface area contributed by atoms with Gasteiger partial charge in [-0.3, -0.25) is 0 Å². The third kappa shape index (κ3) is 9.46. The molecule has 0 rings (SSSR count). The van der Waals surface area contributed by atoms with Crippen LogP contribution in [0.25, 0.3) is 0 Å². The fourth-order valence-electron chi connectivity index (χ4n) is 1.30. The Kier molecular flexibility index (Phi) is 6.46. The van der Waals surface area contributed by atoms with Gasteiger partial charge in [-0.05, 0) is 46.5 Å². The first-order valence-electron chi connectivity index (χ1n) is 5.27. The maximum atomic E-state index is 10.1. The molecule has 14 heavy (non-hydrogen) atoms. The normalized spacial score (nSPS) is 13.0. The molecule has 0 saturated carbocycles. The highest BCUT2D eigenvalue weighted by Crippen LogP contribution is 2.15. The summed E-state index contributed by atoms with van der Waals surface area (Å²) in [6, 6.07) is 0. The Hall–Kier alpha value is -0.630. The van der Waals surface area contributed by atoms with E-state index in [1.54, 1.807) is 0 Å². The molecule has 0 amide bonds. The molecule has 0 radical (unpaired) electrons. The highest BCUT2D eigenvalue weighted by atomic mass is 16.3. The molecule has 2 nitrogen and oxygen atoms in total. The Morgan fingerprint density at radius 1 is 1.36 bits per heavy atom. The monoisotopic (exact) mass is 198 g/mol. The number of allylic oxidation sites excluding steroid dienone is 2. The number of aldehydes is 1. The zero-order valence-electron chi connectivity index (χ0n) is 9.55. The van der Waals surface area contributed by atoms with Crippen LogP contribution in [0.3, 0.4) is 0 Å². The number of hydrogen-bond donors (Lipinski definition) is 1. The SMILES string of the molecule is C/C(=C\CCC=O)CCCC(C)(C)O. The lowest BCUT2D eigenvalue weighted by Crippen LogP contribution is -2.17. The number of hydrogen-bond acceptors (Lipinski definition) is 2. The zero-order chi connectivity index (χ0) is 11.0. The molecule has 0 aliphatic rings. The molecule has 0 aromatic rings. The third-order valence-corrected chi connectivity index (χ3v) is 2.14. The zero-order valence-corrected chi connectivity index (χ0v) is 9.55. The Labute approximate surface area is 87.0 Å². The third-order valence-electron chi connectivity index (χ3n) is 2.14. The second-order valence-corrected chi connectivity index (χ2v) is 4.46. The van der Waals surface area contributed by atoms with Gasteiger partial charge < -0.3 is 9.90 Å². The van der Waals surface area contributed by atoms with Crippen LogP contribution in [0.1, 0.15) is 52.9 Å². The summed E-state index contributed by atoms with van der Waals surface area (Å²) in [6.45, 7) is 5.74. The maximum absolute atomic E-state index is 10.1. The Morgan fingerprint density at radius 2 is 2.00 bits per heavy atom. The van der Waals surface area contributed by atoms with Gasteiger partial charge in [0.2, 0.25) is 0 Å². The molecule has 0 bridgehead atoms. The average Bonchev–Trinajstić information content (AvgIpc) is 2.02. The molecule has 0 aliphatic carbocycles. The van der Waals surface area contributed by atoms with E-state index in [1.165, 1.54) is 5.57 Å². The van der Waals surface area contributed by atoms with Crippen molar-refractivity contribution in [2.75, 3.05) is 0 Å². The van der Waals surface area contributed by atoms with E-state index in [0.29, 0.717) is 6.42 Å². The van der Waals surface area contributed by atoms with Gasteiger partial charge in [0.1, 0.15) is 6.29 Å². The van der Waals surface area contributed by atoms with Gasteiger partial charge in [-0.25, -0.2) is 0 Å². The van der Waals surface area contributed by atoms with Crippen LogP contribution in [0.2, 0.25) is 0 Å². The first-order valence-corrected chi connectivity index (χ1v) is 5.27. The molecule has 1 N–H and O–H groups in total. The van der Waals surface area contributed by atoms with Crippen molar-refractivity contribution in [3.8, 4) is 0 Å². The van der Waals surface area contributed by atoms with E-state index >= 15 is 0 Å². The van der Waals surface area contributed by atoms with Gasteiger partial charge in [-0.15, -0.1) is 0 Å². The fraction of sp³-hybridized carbons (Fsp3) is 0.750. The largest absolute Gasteiger partial charge is 0.390 e. The highest BCUT2D eigenvalue weighted by molar-refractivity contribution is 5.49. The molecular formula is C12H22O2. The van der Waals surface area contributed by atoms with Gasteiger partial charge in [0.15, 0.2) is 0 Å². The molecule has 0 atom stereocenters. The van der Waals surface area contributed by atoms with Crippen molar-refractivity contribution in [2.24, 2.45) is 0 Å². The smallest absolute Gasteiger partial charge is 0.120 e. The van der Waals surface area contributed by atoms with Crippen LogP contribution < -0.4 is 0 Å². The minimum atomic E-state index is -0.553. The lowest BCUT2D eigenvalue weighted by molar-refractivity contribution is -0.107. The second kappa shape index (κ2) is 6.77. The highest BCUT2D eigenvalue weighted by Gasteiger charge is 2.10. The van der Waals surface area contributed by atoms with Crippen molar-refractivity contribution in [1.82, 2.24) is 0 Å². The Morgan fingerprint density at radius 3 is 2.50 bits per heavy atom. The molecule has 0 fully saturated rings. The predicted molar refractivity (Wildman–Crippen MR) is 59.2 cm³/mol. The van der Waals surface area contributed by atoms with E-state index in [0.717, 1.165) is 32.0 Å². The van der Waals surface area contributed by atoms with Crippen molar-refractivity contribution in [1.29, 1.82) is 0 Å². The maximum Gasteiger partial charge on any atom is 0.120 e. The van der Waals surface area contributed by atoms with Crippen LogP contribution in [0, 0.1) is 0 Å². The molecule has 82 valence electrons. The number of carbonyl (C=O) groups is 1. The Bertz CT molecular complexity index is 187. The van der Waals surface area contributed by atoms with E-state index in [9.17, 15) is 9.90 Å². The first-order chi connectivity index (χ1) is 6.45. The number of rotatable bonds is 7. The van der Waals surface area contributed by atoms with Gasteiger partial charge in [-0.1, -0.05) is 11.6 Å². The van der Waals surface area contributed by atoms with Crippen molar-refractivity contribution in [2.45, 2.75) is 58.5 Å². The lowest BCUT2D eigenvalue weighted by atomic mass is 9.99. The quantitative estimate of drug-likeness (QED) is 0.388. The molecule has 0 unspecified atom stereocenters. The van der Waals surface area contributed by atoms with Crippen molar-refractivity contribution in [3.05, 3.63) is 11.6 Å². The van der Waals surface area contributed by atoms with Gasteiger partial charge in [-0.2, -0.15) is 0 Å². The van der Waals surface area contributed by atoms with Crippen molar-refractivity contribution in [3.63, 3.8) is 0 Å². The molecule has 0 saturated heterocycles. The number of aliphatic hydroxyl groups is 1. The summed E-state index contributed by atoms with van der Waals surface area (Å²) in [7, 11) is 0. The van der Waals surface area contributed by atoms with Gasteiger partial charge in [0.25, 0.3) is 0 Å². The summed E-state index contributed by atoms with van der Waals surface area (Å²) in [5.41, 5.74) is 0.763. The van der Waals surface area contributed by atoms with E-state index in [1.807, 2.05) is 13.8 Å². The number of carbonyl (C=O) groups excluding carboxylic acids is 1. The second-order valence-electron chi connectivity index (χ2n) is 4.46. The number of unbranched alkanes of at least 4 members (excludes halogenated alkanes) is 1. The van der Waals surface area contributed by atoms with Gasteiger partial charge >= 0.3 is 0 Å². The van der Waals surface area contributed by atoms with Gasteiger partial charge in [0.05, 0.1) is 5.60 Å². The predicted octanol–water partition coefficient (Wildman–Crippen LogP) is 2.85. The Balaban J connectivity index is 3.57. The topological polar surface area (TPSA) is 37.3 Å². The van der Waals surface area contributed by atoms with E-state index < -0.39 is 5.60 Å². The summed E-state index contributed by atoms with van der Waals surface area (Å²) in [4.78, 5) is 10.1. The standard InChI is InChI=1S/C12H22O2/c1-11(7-4-5-10-13)8-6-9-12(2,3)14/h7,10,14H,4-6,8-9H2,1-3H3/b11-7+. The van der Waals surface area contributed by atoms with Crippen molar-refractivity contribution < 1.29 is 9.90 Å². The van der Waals surface area contributed by atoms with Crippen LogP contribution in [-0.4, -0.2) is 17.0 Å². The van der Waals surface area contributed by atoms with E-state index in [2.05, 4.69) is 13.0 Å². The fourth-order valence-corrected chi connectivity index (χ4v) is 1.30. The van der Waals surface area contributed by atoms with Crippen LogP contribution >= 0.6 is 0 Å². The van der Waals surface area contributed by atoms with E-state index in [-0.39, 0.29) is 0 Å². The van der Waals surface area contributed by atoms with Crippen LogP contribution in [0.5, 0.6) is 0 Å². The van der Waals surface area contributed by atoms with Crippen LogP contribution in [0.4, 0.5) is 0 Å². The van der Waals surface area contributed by atoms with Crippen LogP contribution in [-0.2, 0) is 4.79 Å². The summed E-state index contributed by atoms with van der Waals surface area (Å²) in [6.07, 6.45) is 7.36. The summed E-state index contributed by atoms with van der Waals surface area (Å²) in [5, 5.41) is 9.48. The van der Waals surface area contributed by atoms with Crippen LogP contribution in [0.15, 0.2) is 11.6 Å².